The molecule has 0 spiro atoms. The number of rotatable bonds is 2. The van der Waals surface area contributed by atoms with Gasteiger partial charge in [-0.3, -0.25) is 0 Å². The normalized spacial score (nSPS) is 11.1. The fourth-order valence-corrected chi connectivity index (χ4v) is 0.711. The van der Waals surface area contributed by atoms with Crippen LogP contribution in [0.25, 0.3) is 0 Å². The van der Waals surface area contributed by atoms with E-state index in [1.807, 2.05) is 0 Å². The molecule has 0 aromatic heterocycles. The Morgan fingerprint density at radius 1 is 1.33 bits per heavy atom. The molecule has 0 radical (unpaired) electrons. The van der Waals surface area contributed by atoms with Crippen molar-refractivity contribution in [1.82, 2.24) is 10.2 Å². The number of alkyl halides is 3. The summed E-state index contributed by atoms with van der Waals surface area (Å²) in [6.07, 6.45) is -4.64. The summed E-state index contributed by atoms with van der Waals surface area (Å²) in [4.78, 5) is 11.8. The second-order valence-electron chi connectivity index (χ2n) is 2.10. The van der Waals surface area contributed by atoms with Gasteiger partial charge in [0.15, 0.2) is 0 Å². The second-order valence-corrected chi connectivity index (χ2v) is 2.10. The zero-order chi connectivity index (χ0) is 9.78. The van der Waals surface area contributed by atoms with E-state index in [1.165, 1.54) is 0 Å². The smallest absolute Gasteiger partial charge is 0.325 e. The maximum absolute atomic E-state index is 11.6. The van der Waals surface area contributed by atoms with Gasteiger partial charge in [0.1, 0.15) is 0 Å². The summed E-state index contributed by atoms with van der Waals surface area (Å²) in [5, 5.41) is 0.908. The molecule has 0 aliphatic rings. The number of hydrogen-bond donors (Lipinski definition) is 1. The van der Waals surface area contributed by atoms with Gasteiger partial charge in [-0.25, -0.2) is 10.1 Å². The van der Waals surface area contributed by atoms with Gasteiger partial charge in [-0.05, 0) is 13.8 Å². The molecular weight excluding hydrogens is 173 g/mol. The SMILES string of the molecule is CCN(CC)C(=O)NC(F)(F)F. The number of urea groups is 1. The van der Waals surface area contributed by atoms with Crippen LogP contribution in [0.15, 0.2) is 0 Å². The molecule has 0 unspecified atom stereocenters. The van der Waals surface area contributed by atoms with Gasteiger partial charge < -0.3 is 4.90 Å². The van der Waals surface area contributed by atoms with Gasteiger partial charge in [0.2, 0.25) is 0 Å². The van der Waals surface area contributed by atoms with Crippen LogP contribution < -0.4 is 5.32 Å². The van der Waals surface area contributed by atoms with Crippen molar-refractivity contribution in [3.63, 3.8) is 0 Å². The summed E-state index contributed by atoms with van der Waals surface area (Å²) in [5.74, 6) is 0. The first kappa shape index (κ1) is 11.1. The van der Waals surface area contributed by atoms with Crippen LogP contribution in [0, 0.1) is 0 Å². The third-order valence-electron chi connectivity index (χ3n) is 1.30. The molecule has 0 aliphatic carbocycles. The highest BCUT2D eigenvalue weighted by Crippen LogP contribution is 2.09. The number of halogens is 3. The van der Waals surface area contributed by atoms with E-state index in [0.29, 0.717) is 0 Å². The Kier molecular flexibility index (Phi) is 3.85. The third kappa shape index (κ3) is 4.05. The van der Waals surface area contributed by atoms with Gasteiger partial charge in [-0.15, -0.1) is 0 Å². The minimum atomic E-state index is -4.64. The highest BCUT2D eigenvalue weighted by atomic mass is 19.4. The Morgan fingerprint density at radius 2 is 1.75 bits per heavy atom. The summed E-state index contributed by atoms with van der Waals surface area (Å²) in [6, 6.07) is -1.10. The van der Waals surface area contributed by atoms with Crippen molar-refractivity contribution in [1.29, 1.82) is 0 Å². The molecule has 0 aromatic rings. The maximum Gasteiger partial charge on any atom is 0.485 e. The van der Waals surface area contributed by atoms with Crippen molar-refractivity contribution in [2.75, 3.05) is 13.1 Å². The number of carbonyl (C=O) groups is 1. The highest BCUT2D eigenvalue weighted by molar-refractivity contribution is 5.74. The van der Waals surface area contributed by atoms with E-state index >= 15 is 0 Å². The van der Waals surface area contributed by atoms with Crippen molar-refractivity contribution in [2.45, 2.75) is 20.1 Å². The van der Waals surface area contributed by atoms with Crippen LogP contribution in [0.1, 0.15) is 13.8 Å². The molecule has 0 aromatic carbocycles. The molecule has 0 heterocycles. The summed E-state index contributed by atoms with van der Waals surface area (Å²) in [5.41, 5.74) is 0. The lowest BCUT2D eigenvalue weighted by atomic mass is 10.5. The van der Waals surface area contributed by atoms with Crippen molar-refractivity contribution >= 4 is 6.03 Å². The molecule has 6 heteroatoms. The Bertz CT molecular complexity index is 153. The van der Waals surface area contributed by atoms with Crippen molar-refractivity contribution < 1.29 is 18.0 Å². The number of hydrogen-bond acceptors (Lipinski definition) is 1. The summed E-state index contributed by atoms with van der Waals surface area (Å²) >= 11 is 0. The predicted molar refractivity (Wildman–Crippen MR) is 37.5 cm³/mol. The molecule has 0 bridgehead atoms. The summed E-state index contributed by atoms with van der Waals surface area (Å²) in [6.45, 7) is 3.75. The Hall–Kier alpha value is -0.940. The van der Waals surface area contributed by atoms with Gasteiger partial charge in [0.25, 0.3) is 0 Å². The topological polar surface area (TPSA) is 32.3 Å². The zero-order valence-corrected chi connectivity index (χ0v) is 6.90. The third-order valence-corrected chi connectivity index (χ3v) is 1.30. The van der Waals surface area contributed by atoms with E-state index in [-0.39, 0.29) is 13.1 Å². The molecule has 2 amide bonds. The van der Waals surface area contributed by atoms with E-state index < -0.39 is 12.3 Å². The average molecular weight is 184 g/mol. The largest absolute Gasteiger partial charge is 0.485 e. The van der Waals surface area contributed by atoms with E-state index in [9.17, 15) is 18.0 Å². The molecule has 0 saturated carbocycles. The minimum Gasteiger partial charge on any atom is -0.325 e. The van der Waals surface area contributed by atoms with E-state index in [1.54, 1.807) is 13.8 Å². The second kappa shape index (κ2) is 4.18. The molecule has 0 saturated heterocycles. The van der Waals surface area contributed by atoms with Crippen LogP contribution in [0.5, 0.6) is 0 Å². The van der Waals surface area contributed by atoms with Crippen LogP contribution >= 0.6 is 0 Å². The predicted octanol–water partition coefficient (Wildman–Crippen LogP) is 1.56. The molecule has 12 heavy (non-hydrogen) atoms. The van der Waals surface area contributed by atoms with Gasteiger partial charge in [0, 0.05) is 13.1 Å². The van der Waals surface area contributed by atoms with Crippen molar-refractivity contribution in [3.8, 4) is 0 Å². The quantitative estimate of drug-likeness (QED) is 0.649. The van der Waals surface area contributed by atoms with E-state index in [2.05, 4.69) is 0 Å². The Balaban J connectivity index is 4.02. The van der Waals surface area contributed by atoms with E-state index in [0.717, 1.165) is 10.2 Å². The molecule has 72 valence electrons. The van der Waals surface area contributed by atoms with Crippen molar-refractivity contribution in [2.24, 2.45) is 0 Å². The first-order valence-electron chi connectivity index (χ1n) is 3.54. The molecular formula is C6H11F3N2O. The molecule has 3 nitrogen and oxygen atoms in total. The lowest BCUT2D eigenvalue weighted by Gasteiger charge is -2.19. The standard InChI is InChI=1S/C6H11F3N2O/c1-3-11(4-2)5(12)10-6(7,8)9/h3-4H2,1-2H3,(H,10,12). The van der Waals surface area contributed by atoms with E-state index in [4.69, 9.17) is 0 Å². The molecule has 0 atom stereocenters. The van der Waals surface area contributed by atoms with Crippen molar-refractivity contribution in [3.05, 3.63) is 0 Å². The van der Waals surface area contributed by atoms with Crippen LogP contribution in [0.2, 0.25) is 0 Å². The Labute approximate surface area is 68.5 Å². The monoisotopic (exact) mass is 184 g/mol. The fraction of sp³-hybridized carbons (Fsp3) is 0.833. The first-order chi connectivity index (χ1) is 5.40. The van der Waals surface area contributed by atoms with Gasteiger partial charge in [0.05, 0.1) is 0 Å². The maximum atomic E-state index is 11.6. The van der Waals surface area contributed by atoms with Crippen LogP contribution in [-0.2, 0) is 0 Å². The first-order valence-corrected chi connectivity index (χ1v) is 3.54. The molecule has 0 fully saturated rings. The average Bonchev–Trinajstić information content (AvgIpc) is 1.85. The zero-order valence-electron chi connectivity index (χ0n) is 6.90. The summed E-state index contributed by atoms with van der Waals surface area (Å²) < 4.78 is 34.7. The lowest BCUT2D eigenvalue weighted by Crippen LogP contribution is -2.46. The minimum absolute atomic E-state index is 0.262. The molecule has 0 aliphatic heterocycles. The highest BCUT2D eigenvalue weighted by Gasteiger charge is 2.31. The van der Waals surface area contributed by atoms with Gasteiger partial charge in [-0.2, -0.15) is 13.2 Å². The molecule has 1 N–H and O–H groups in total. The van der Waals surface area contributed by atoms with Crippen LogP contribution in [-0.4, -0.2) is 30.3 Å². The lowest BCUT2D eigenvalue weighted by molar-refractivity contribution is -0.147. The molecule has 0 rings (SSSR count). The number of amides is 2. The van der Waals surface area contributed by atoms with Gasteiger partial charge >= 0.3 is 12.3 Å². The number of carbonyl (C=O) groups excluding carboxylic acids is 1. The van der Waals surface area contributed by atoms with Gasteiger partial charge in [-0.1, -0.05) is 0 Å². The fourth-order valence-electron chi connectivity index (χ4n) is 0.711. The number of nitrogens with zero attached hydrogens (tertiary/aromatic N) is 1. The number of nitrogens with one attached hydrogen (secondary N) is 1. The van der Waals surface area contributed by atoms with Crippen LogP contribution in [0.4, 0.5) is 18.0 Å². The van der Waals surface area contributed by atoms with Crippen LogP contribution in [0.3, 0.4) is 0 Å². The summed E-state index contributed by atoms with van der Waals surface area (Å²) in [7, 11) is 0. The Morgan fingerprint density at radius 3 is 2.00 bits per heavy atom.